The average molecular weight is 324 g/mol. The lowest BCUT2D eigenvalue weighted by atomic mass is 10.1. The maximum Gasteiger partial charge on any atom is 0.257 e. The lowest BCUT2D eigenvalue weighted by Crippen LogP contribution is -2.14. The molecule has 0 bridgehead atoms. The summed E-state index contributed by atoms with van der Waals surface area (Å²) in [4.78, 5) is 16.8. The van der Waals surface area contributed by atoms with Crippen molar-refractivity contribution in [3.05, 3.63) is 83.6 Å². The molecule has 0 saturated heterocycles. The molecule has 0 atom stereocenters. The number of nitrogens with zero attached hydrogens (tertiary/aromatic N) is 1. The number of halogens is 2. The van der Waals surface area contributed by atoms with Crippen molar-refractivity contribution in [2.75, 3.05) is 5.32 Å². The van der Waals surface area contributed by atoms with Crippen molar-refractivity contribution in [1.82, 2.24) is 4.98 Å². The van der Waals surface area contributed by atoms with Gasteiger partial charge < -0.3 is 5.32 Å². The third-order valence-corrected chi connectivity index (χ3v) is 3.58. The molecule has 0 aliphatic heterocycles. The smallest absolute Gasteiger partial charge is 0.257 e. The van der Waals surface area contributed by atoms with Gasteiger partial charge in [-0.3, -0.25) is 9.78 Å². The van der Waals surface area contributed by atoms with E-state index in [1.54, 1.807) is 19.1 Å². The van der Waals surface area contributed by atoms with Crippen LogP contribution >= 0.6 is 0 Å². The molecule has 1 N–H and O–H groups in total. The monoisotopic (exact) mass is 324 g/mol. The maximum atomic E-state index is 13.2. The molecule has 5 heteroatoms. The lowest BCUT2D eigenvalue weighted by molar-refractivity contribution is 0.102. The zero-order valence-electron chi connectivity index (χ0n) is 12.9. The fourth-order valence-electron chi connectivity index (χ4n) is 2.34. The highest BCUT2D eigenvalue weighted by Gasteiger charge is 2.13. The van der Waals surface area contributed by atoms with Gasteiger partial charge in [0.1, 0.15) is 0 Å². The van der Waals surface area contributed by atoms with Gasteiger partial charge in [-0.25, -0.2) is 8.78 Å². The van der Waals surface area contributed by atoms with Gasteiger partial charge in [0.25, 0.3) is 5.91 Å². The third-order valence-electron chi connectivity index (χ3n) is 3.58. The van der Waals surface area contributed by atoms with Gasteiger partial charge in [0.05, 0.1) is 17.0 Å². The molecule has 3 nitrogen and oxygen atoms in total. The highest BCUT2D eigenvalue weighted by Crippen LogP contribution is 2.20. The fraction of sp³-hybridized carbons (Fsp3) is 0.0526. The quantitative estimate of drug-likeness (QED) is 0.766. The van der Waals surface area contributed by atoms with Crippen LogP contribution in [0, 0.1) is 18.6 Å². The van der Waals surface area contributed by atoms with E-state index in [4.69, 9.17) is 0 Å². The number of anilines is 1. The van der Waals surface area contributed by atoms with Crippen molar-refractivity contribution in [2.45, 2.75) is 6.92 Å². The highest BCUT2D eigenvalue weighted by molar-refractivity contribution is 6.05. The van der Waals surface area contributed by atoms with Crippen LogP contribution in [0.3, 0.4) is 0 Å². The Bertz CT molecular complexity index is 895. The SMILES string of the molecule is Cc1nc(-c2ccccc2)ccc1C(=O)Nc1ccc(F)c(F)c1. The molecule has 0 spiro atoms. The van der Waals surface area contributed by atoms with Crippen LogP contribution in [0.5, 0.6) is 0 Å². The van der Waals surface area contributed by atoms with Crippen LogP contribution in [0.15, 0.2) is 60.7 Å². The van der Waals surface area contributed by atoms with Crippen LogP contribution in [-0.4, -0.2) is 10.9 Å². The van der Waals surface area contributed by atoms with Crippen LogP contribution in [0.4, 0.5) is 14.5 Å². The Morgan fingerprint density at radius 1 is 0.958 bits per heavy atom. The number of aryl methyl sites for hydroxylation is 1. The van der Waals surface area contributed by atoms with Gasteiger partial charge >= 0.3 is 0 Å². The minimum absolute atomic E-state index is 0.186. The van der Waals surface area contributed by atoms with Gasteiger partial charge in [0.15, 0.2) is 11.6 Å². The van der Waals surface area contributed by atoms with Crippen LogP contribution in [0.2, 0.25) is 0 Å². The van der Waals surface area contributed by atoms with Gasteiger partial charge in [0, 0.05) is 17.3 Å². The number of hydrogen-bond acceptors (Lipinski definition) is 2. The summed E-state index contributed by atoms with van der Waals surface area (Å²) in [7, 11) is 0. The number of carbonyl (C=O) groups excluding carboxylic acids is 1. The average Bonchev–Trinajstić information content (AvgIpc) is 2.59. The highest BCUT2D eigenvalue weighted by atomic mass is 19.2. The zero-order valence-corrected chi connectivity index (χ0v) is 12.9. The Hall–Kier alpha value is -3.08. The fourth-order valence-corrected chi connectivity index (χ4v) is 2.34. The van der Waals surface area contributed by atoms with Crippen LogP contribution < -0.4 is 5.32 Å². The molecule has 2 aromatic carbocycles. The minimum atomic E-state index is -1.01. The molecule has 3 rings (SSSR count). The van der Waals surface area contributed by atoms with E-state index >= 15 is 0 Å². The Morgan fingerprint density at radius 3 is 2.38 bits per heavy atom. The summed E-state index contributed by atoms with van der Waals surface area (Å²) in [5, 5.41) is 2.54. The number of nitrogens with one attached hydrogen (secondary N) is 1. The van der Waals surface area contributed by atoms with Crippen molar-refractivity contribution in [1.29, 1.82) is 0 Å². The van der Waals surface area contributed by atoms with Crippen molar-refractivity contribution in [2.24, 2.45) is 0 Å². The summed E-state index contributed by atoms with van der Waals surface area (Å²) < 4.78 is 26.1. The number of carbonyl (C=O) groups is 1. The Balaban J connectivity index is 1.84. The molecule has 0 aliphatic rings. The number of pyridine rings is 1. The summed E-state index contributed by atoms with van der Waals surface area (Å²) in [6.45, 7) is 1.73. The second-order valence-electron chi connectivity index (χ2n) is 5.28. The molecular formula is C19H14F2N2O. The molecule has 1 heterocycles. The van der Waals surface area contributed by atoms with Crippen LogP contribution in [-0.2, 0) is 0 Å². The standard InChI is InChI=1S/C19H14F2N2O/c1-12-15(8-10-18(22-12)13-5-3-2-4-6-13)19(24)23-14-7-9-16(20)17(21)11-14/h2-11H,1H3,(H,23,24). The first kappa shape index (κ1) is 15.8. The van der Waals surface area contributed by atoms with Crippen molar-refractivity contribution < 1.29 is 13.6 Å². The number of benzene rings is 2. The molecule has 1 amide bonds. The largest absolute Gasteiger partial charge is 0.322 e. The summed E-state index contributed by atoms with van der Waals surface area (Å²) in [5.74, 6) is -2.40. The molecule has 0 unspecified atom stereocenters. The van der Waals surface area contributed by atoms with E-state index in [0.29, 0.717) is 11.3 Å². The van der Waals surface area contributed by atoms with Gasteiger partial charge in [0.2, 0.25) is 0 Å². The molecule has 24 heavy (non-hydrogen) atoms. The van der Waals surface area contributed by atoms with Gasteiger partial charge in [-0.2, -0.15) is 0 Å². The Kier molecular flexibility index (Phi) is 4.33. The lowest BCUT2D eigenvalue weighted by Gasteiger charge is -2.09. The molecule has 3 aromatic rings. The number of aromatic nitrogens is 1. The Morgan fingerprint density at radius 2 is 1.71 bits per heavy atom. The first-order valence-corrected chi connectivity index (χ1v) is 7.34. The molecule has 0 aliphatic carbocycles. The molecule has 1 aromatic heterocycles. The maximum absolute atomic E-state index is 13.2. The van der Waals surface area contributed by atoms with Crippen molar-refractivity contribution in [3.63, 3.8) is 0 Å². The van der Waals surface area contributed by atoms with E-state index in [1.807, 2.05) is 30.3 Å². The van der Waals surface area contributed by atoms with E-state index in [0.717, 1.165) is 23.4 Å². The minimum Gasteiger partial charge on any atom is -0.322 e. The molecular weight excluding hydrogens is 310 g/mol. The number of hydrogen-bond donors (Lipinski definition) is 1. The molecule has 120 valence electrons. The van der Waals surface area contributed by atoms with E-state index in [1.165, 1.54) is 6.07 Å². The molecule has 0 radical (unpaired) electrons. The van der Waals surface area contributed by atoms with Crippen molar-refractivity contribution in [3.8, 4) is 11.3 Å². The zero-order chi connectivity index (χ0) is 17.1. The number of rotatable bonds is 3. The van der Waals surface area contributed by atoms with Gasteiger partial charge in [-0.05, 0) is 31.2 Å². The normalized spacial score (nSPS) is 10.5. The van der Waals surface area contributed by atoms with Gasteiger partial charge in [-0.15, -0.1) is 0 Å². The van der Waals surface area contributed by atoms with E-state index in [2.05, 4.69) is 10.3 Å². The van der Waals surface area contributed by atoms with Crippen LogP contribution in [0.1, 0.15) is 16.1 Å². The second kappa shape index (κ2) is 6.58. The van der Waals surface area contributed by atoms with E-state index in [9.17, 15) is 13.6 Å². The number of amides is 1. The second-order valence-corrected chi connectivity index (χ2v) is 5.28. The molecule has 0 fully saturated rings. The first-order valence-electron chi connectivity index (χ1n) is 7.34. The predicted octanol–water partition coefficient (Wildman–Crippen LogP) is 4.59. The van der Waals surface area contributed by atoms with E-state index in [-0.39, 0.29) is 5.69 Å². The summed E-state index contributed by atoms with van der Waals surface area (Å²) in [6.07, 6.45) is 0. The third kappa shape index (κ3) is 3.30. The van der Waals surface area contributed by atoms with E-state index < -0.39 is 17.5 Å². The summed E-state index contributed by atoms with van der Waals surface area (Å²) >= 11 is 0. The Labute approximate surface area is 138 Å². The predicted molar refractivity (Wildman–Crippen MR) is 88.7 cm³/mol. The van der Waals surface area contributed by atoms with Crippen LogP contribution in [0.25, 0.3) is 11.3 Å². The summed E-state index contributed by atoms with van der Waals surface area (Å²) in [5.41, 5.74) is 2.83. The molecule has 0 saturated carbocycles. The topological polar surface area (TPSA) is 42.0 Å². The van der Waals surface area contributed by atoms with Crippen molar-refractivity contribution >= 4 is 11.6 Å². The first-order chi connectivity index (χ1) is 11.5. The van der Waals surface area contributed by atoms with Gasteiger partial charge in [-0.1, -0.05) is 30.3 Å². The summed E-state index contributed by atoms with van der Waals surface area (Å²) in [6, 6.07) is 16.2.